The number of ether oxygens (including phenoxy) is 1. The lowest BCUT2D eigenvalue weighted by molar-refractivity contribution is -0.0763. The number of hydrogen-bond acceptors (Lipinski definition) is 2. The second-order valence-electron chi connectivity index (χ2n) is 7.56. The van der Waals surface area contributed by atoms with E-state index in [1.807, 2.05) is 0 Å². The summed E-state index contributed by atoms with van der Waals surface area (Å²) < 4.78 is 6.11. The van der Waals surface area contributed by atoms with Gasteiger partial charge in [-0.3, -0.25) is 0 Å². The van der Waals surface area contributed by atoms with Crippen LogP contribution in [-0.2, 0) is 4.74 Å². The molecule has 2 aliphatic rings. The van der Waals surface area contributed by atoms with E-state index in [4.69, 9.17) is 4.74 Å². The molecule has 0 aromatic carbocycles. The van der Waals surface area contributed by atoms with E-state index >= 15 is 0 Å². The van der Waals surface area contributed by atoms with Gasteiger partial charge >= 0.3 is 0 Å². The summed E-state index contributed by atoms with van der Waals surface area (Å²) >= 11 is 0. The summed E-state index contributed by atoms with van der Waals surface area (Å²) in [5.41, 5.74) is 0.0201. The Bertz CT molecular complexity index is 242. The van der Waals surface area contributed by atoms with Gasteiger partial charge in [0.25, 0.3) is 0 Å². The van der Waals surface area contributed by atoms with Gasteiger partial charge < -0.3 is 10.1 Å². The van der Waals surface area contributed by atoms with E-state index < -0.39 is 0 Å². The number of nitrogens with one attached hydrogen (secondary N) is 1. The van der Waals surface area contributed by atoms with Crippen LogP contribution in [-0.4, -0.2) is 23.8 Å². The summed E-state index contributed by atoms with van der Waals surface area (Å²) in [5.74, 6) is 0. The van der Waals surface area contributed by atoms with Crippen LogP contribution < -0.4 is 5.32 Å². The van der Waals surface area contributed by atoms with E-state index in [1.54, 1.807) is 0 Å². The van der Waals surface area contributed by atoms with Crippen LogP contribution >= 0.6 is 0 Å². The van der Waals surface area contributed by atoms with Gasteiger partial charge in [0.1, 0.15) is 0 Å². The first-order chi connectivity index (χ1) is 9.03. The summed E-state index contributed by atoms with van der Waals surface area (Å²) in [6, 6.07) is 1.55. The van der Waals surface area contributed by atoms with Crippen molar-refractivity contribution < 1.29 is 4.74 Å². The van der Waals surface area contributed by atoms with E-state index in [-0.39, 0.29) is 5.60 Å². The molecule has 2 saturated carbocycles. The van der Waals surface area contributed by atoms with Crippen molar-refractivity contribution in [3.8, 4) is 0 Å². The molecule has 0 atom stereocenters. The molecule has 0 heterocycles. The van der Waals surface area contributed by atoms with Gasteiger partial charge in [-0.1, -0.05) is 25.7 Å². The standard InChI is InChI=1S/C17H33NO/c1-17(2,3)19-16-12-10-15(11-13-16)18-14-8-6-4-5-7-9-14/h14-16,18H,4-13H2,1-3H3. The zero-order valence-electron chi connectivity index (χ0n) is 13.2. The molecule has 0 aliphatic heterocycles. The topological polar surface area (TPSA) is 21.3 Å². The molecule has 0 radical (unpaired) electrons. The van der Waals surface area contributed by atoms with Gasteiger partial charge in [-0.15, -0.1) is 0 Å². The van der Waals surface area contributed by atoms with Crippen molar-refractivity contribution in [2.45, 2.75) is 109 Å². The molecule has 0 spiro atoms. The first-order valence-electron chi connectivity index (χ1n) is 8.47. The minimum atomic E-state index is 0.0201. The van der Waals surface area contributed by atoms with E-state index in [1.165, 1.54) is 64.2 Å². The highest BCUT2D eigenvalue weighted by molar-refractivity contribution is 4.82. The molecule has 112 valence electrons. The molecule has 2 fully saturated rings. The second-order valence-corrected chi connectivity index (χ2v) is 7.56. The average molecular weight is 267 g/mol. The third-order valence-electron chi connectivity index (χ3n) is 4.52. The van der Waals surface area contributed by atoms with Gasteiger partial charge in [0.2, 0.25) is 0 Å². The van der Waals surface area contributed by atoms with Crippen molar-refractivity contribution in [3.63, 3.8) is 0 Å². The Morgan fingerprint density at radius 2 is 1.26 bits per heavy atom. The van der Waals surface area contributed by atoms with E-state index in [0.717, 1.165) is 12.1 Å². The van der Waals surface area contributed by atoms with Crippen molar-refractivity contribution >= 4 is 0 Å². The highest BCUT2D eigenvalue weighted by atomic mass is 16.5. The number of rotatable bonds is 3. The Labute approximate surface area is 119 Å². The van der Waals surface area contributed by atoms with Crippen molar-refractivity contribution in [2.75, 3.05) is 0 Å². The first kappa shape index (κ1) is 15.3. The van der Waals surface area contributed by atoms with Crippen LogP contribution in [0.4, 0.5) is 0 Å². The molecular weight excluding hydrogens is 234 g/mol. The summed E-state index contributed by atoms with van der Waals surface area (Å²) in [6.07, 6.45) is 14.1. The Morgan fingerprint density at radius 1 is 0.737 bits per heavy atom. The van der Waals surface area contributed by atoms with Gasteiger partial charge in [-0.2, -0.15) is 0 Å². The van der Waals surface area contributed by atoms with Gasteiger partial charge in [-0.05, 0) is 59.3 Å². The zero-order chi connectivity index (χ0) is 13.7. The van der Waals surface area contributed by atoms with Crippen molar-refractivity contribution in [1.82, 2.24) is 5.32 Å². The predicted molar refractivity (Wildman–Crippen MR) is 81.5 cm³/mol. The van der Waals surface area contributed by atoms with Crippen LogP contribution in [0.2, 0.25) is 0 Å². The third kappa shape index (κ3) is 5.83. The fraction of sp³-hybridized carbons (Fsp3) is 1.00. The summed E-state index contributed by atoms with van der Waals surface area (Å²) in [4.78, 5) is 0. The molecule has 2 nitrogen and oxygen atoms in total. The lowest BCUT2D eigenvalue weighted by Gasteiger charge is -2.35. The Balaban J connectivity index is 1.68. The molecule has 1 N–H and O–H groups in total. The van der Waals surface area contributed by atoms with Crippen LogP contribution in [0.3, 0.4) is 0 Å². The van der Waals surface area contributed by atoms with Crippen LogP contribution in [0.15, 0.2) is 0 Å². The molecule has 19 heavy (non-hydrogen) atoms. The Kier molecular flexibility index (Phi) is 5.70. The van der Waals surface area contributed by atoms with Gasteiger partial charge in [0, 0.05) is 12.1 Å². The highest BCUT2D eigenvalue weighted by Crippen LogP contribution is 2.26. The van der Waals surface area contributed by atoms with E-state index in [2.05, 4.69) is 26.1 Å². The fourth-order valence-corrected chi connectivity index (χ4v) is 3.63. The Morgan fingerprint density at radius 3 is 1.79 bits per heavy atom. The quantitative estimate of drug-likeness (QED) is 0.764. The molecule has 0 amide bonds. The Hall–Kier alpha value is -0.0800. The first-order valence-corrected chi connectivity index (χ1v) is 8.47. The van der Waals surface area contributed by atoms with Crippen molar-refractivity contribution in [1.29, 1.82) is 0 Å². The summed E-state index contributed by atoms with van der Waals surface area (Å²) in [7, 11) is 0. The maximum atomic E-state index is 6.11. The van der Waals surface area contributed by atoms with Gasteiger partial charge in [-0.25, -0.2) is 0 Å². The van der Waals surface area contributed by atoms with Crippen LogP contribution in [0.25, 0.3) is 0 Å². The molecule has 0 unspecified atom stereocenters. The lowest BCUT2D eigenvalue weighted by atomic mass is 9.91. The summed E-state index contributed by atoms with van der Waals surface area (Å²) in [6.45, 7) is 6.51. The molecule has 2 rings (SSSR count). The number of hydrogen-bond donors (Lipinski definition) is 1. The summed E-state index contributed by atoms with van der Waals surface area (Å²) in [5, 5.41) is 3.93. The minimum Gasteiger partial charge on any atom is -0.373 e. The molecular formula is C17H33NO. The minimum absolute atomic E-state index is 0.0201. The van der Waals surface area contributed by atoms with Crippen LogP contribution in [0.1, 0.15) is 85.0 Å². The molecule has 0 aromatic rings. The molecule has 2 aliphatic carbocycles. The lowest BCUT2D eigenvalue weighted by Crippen LogP contribution is -2.42. The van der Waals surface area contributed by atoms with Gasteiger partial charge in [0.05, 0.1) is 11.7 Å². The molecule has 0 bridgehead atoms. The van der Waals surface area contributed by atoms with Gasteiger partial charge in [0.15, 0.2) is 0 Å². The van der Waals surface area contributed by atoms with E-state index in [0.29, 0.717) is 6.10 Å². The van der Waals surface area contributed by atoms with Crippen molar-refractivity contribution in [2.24, 2.45) is 0 Å². The maximum absolute atomic E-state index is 6.11. The molecule has 0 saturated heterocycles. The largest absolute Gasteiger partial charge is 0.373 e. The maximum Gasteiger partial charge on any atom is 0.0602 e. The monoisotopic (exact) mass is 267 g/mol. The average Bonchev–Trinajstić information content (AvgIpc) is 2.58. The van der Waals surface area contributed by atoms with Crippen LogP contribution in [0, 0.1) is 0 Å². The van der Waals surface area contributed by atoms with Crippen molar-refractivity contribution in [3.05, 3.63) is 0 Å². The second kappa shape index (κ2) is 7.08. The SMILES string of the molecule is CC(C)(C)OC1CCC(NC2CCCCCC2)CC1. The third-order valence-corrected chi connectivity index (χ3v) is 4.52. The fourth-order valence-electron chi connectivity index (χ4n) is 3.63. The van der Waals surface area contributed by atoms with Crippen LogP contribution in [0.5, 0.6) is 0 Å². The highest BCUT2D eigenvalue weighted by Gasteiger charge is 2.26. The van der Waals surface area contributed by atoms with E-state index in [9.17, 15) is 0 Å². The smallest absolute Gasteiger partial charge is 0.0602 e. The predicted octanol–water partition coefficient (Wildman–Crippen LogP) is 4.43. The molecule has 2 heteroatoms. The zero-order valence-corrected chi connectivity index (χ0v) is 13.2. The normalized spacial score (nSPS) is 31.1. The molecule has 0 aromatic heterocycles.